The Balaban J connectivity index is 1.10. The average molecular weight is 932 g/mol. The number of nitrogens with two attached hydrogens (primary N) is 2. The Morgan fingerprint density at radius 2 is 1.35 bits per heavy atom. The summed E-state index contributed by atoms with van der Waals surface area (Å²) in [5.74, 6) is -3.44. The molecule has 2 saturated carbocycles. The van der Waals surface area contributed by atoms with Gasteiger partial charge in [0.05, 0.1) is 6.04 Å². The van der Waals surface area contributed by atoms with E-state index in [1.807, 2.05) is 54.7 Å². The number of carbonyl (C=O) groups is 7. The van der Waals surface area contributed by atoms with Crippen LogP contribution in [0.4, 0.5) is 0 Å². The van der Waals surface area contributed by atoms with E-state index in [0.717, 1.165) is 52.2 Å². The van der Waals surface area contributed by atoms with Gasteiger partial charge in [-0.15, -0.1) is 0 Å². The van der Waals surface area contributed by atoms with E-state index < -0.39 is 77.2 Å². The first-order valence-electron chi connectivity index (χ1n) is 24.6. The molecule has 9 rings (SSSR count). The second-order valence-corrected chi connectivity index (χ2v) is 19.6. The standard InChI is InChI=1S/C50H65N11O7/c51-21-17-34(52)43(62)53-22-18-37-47(66)60-23-9-16-41(60)48(67)61-40-15-6-1-10-29(40)26-42(61)46(65)57-39(25-31-28-55-36-14-5-3-12-33(31)36)45(64)59-50(19-7-8-20-50)49(68)58-38(44(63)56-37)24-30-27-54-35-13-4-2-11-32(30)35/h2-5,11-14,27-29,34,37-42,54-55H,1,6-10,15-26,51-52H2,(H,53,62)(H,56,63)(H,57,65)(H,58,68)(H,59,64). The molecule has 2 aliphatic carbocycles. The van der Waals surface area contributed by atoms with Gasteiger partial charge in [-0.25, -0.2) is 0 Å². The predicted octanol–water partition coefficient (Wildman–Crippen LogP) is 1.66. The van der Waals surface area contributed by atoms with Gasteiger partial charge in [-0.3, -0.25) is 33.6 Å². The molecule has 5 heterocycles. The van der Waals surface area contributed by atoms with E-state index in [4.69, 9.17) is 11.5 Å². The number of hydrogen-bond acceptors (Lipinski definition) is 9. The van der Waals surface area contributed by atoms with Crippen LogP contribution in [0.3, 0.4) is 0 Å². The number of amides is 7. The number of nitrogens with one attached hydrogen (secondary N) is 7. The van der Waals surface area contributed by atoms with Gasteiger partial charge in [0.2, 0.25) is 41.4 Å². The monoisotopic (exact) mass is 932 g/mol. The summed E-state index contributed by atoms with van der Waals surface area (Å²) in [7, 11) is 0. The Kier molecular flexibility index (Phi) is 13.9. The molecule has 2 aromatic carbocycles. The fraction of sp³-hybridized carbons (Fsp3) is 0.540. The van der Waals surface area contributed by atoms with Gasteiger partial charge in [-0.1, -0.05) is 62.1 Å². The molecule has 362 valence electrons. The number of H-pyrrole nitrogens is 2. The van der Waals surface area contributed by atoms with Crippen molar-refractivity contribution in [3.63, 3.8) is 0 Å². The van der Waals surface area contributed by atoms with Gasteiger partial charge in [0.1, 0.15) is 35.7 Å². The highest BCUT2D eigenvalue weighted by Crippen LogP contribution is 2.41. The van der Waals surface area contributed by atoms with Gasteiger partial charge in [0.25, 0.3) is 0 Å². The number of carbonyl (C=O) groups excluding carboxylic acids is 7. The fourth-order valence-corrected chi connectivity index (χ4v) is 11.7. The molecule has 1 spiro atoms. The SMILES string of the molecule is NCCC(N)C(=O)NCCC1NC(=O)C(Cc2c[nH]c3ccccc23)NC(=O)C2(CCCC2)NC(=O)C(Cc2c[nH]c3ccccc23)NC(=O)C2CC3CCCCC3N2C(=O)C2CCCN2C1=O. The van der Waals surface area contributed by atoms with Crippen LogP contribution < -0.4 is 38.1 Å². The summed E-state index contributed by atoms with van der Waals surface area (Å²) in [6, 6.07) is 8.79. The third-order valence-corrected chi connectivity index (χ3v) is 15.3. The Morgan fingerprint density at radius 1 is 0.721 bits per heavy atom. The van der Waals surface area contributed by atoms with Crippen LogP contribution in [-0.4, -0.2) is 129 Å². The lowest BCUT2D eigenvalue weighted by molar-refractivity contribution is -0.150. The number of fused-ring (bicyclic) bond motifs is 6. The molecule has 3 aliphatic heterocycles. The molecule has 4 aromatic rings. The van der Waals surface area contributed by atoms with Crippen molar-refractivity contribution in [3.05, 3.63) is 72.1 Å². The number of nitrogens with zero attached hydrogens (tertiary/aromatic N) is 2. The molecule has 7 amide bonds. The zero-order valence-corrected chi connectivity index (χ0v) is 38.5. The van der Waals surface area contributed by atoms with Crippen LogP contribution in [0.5, 0.6) is 0 Å². The molecule has 5 aliphatic rings. The van der Waals surface area contributed by atoms with Crippen LogP contribution in [0.15, 0.2) is 60.9 Å². The Hall–Kier alpha value is -6.27. The minimum absolute atomic E-state index is 0.0280. The van der Waals surface area contributed by atoms with Crippen molar-refractivity contribution < 1.29 is 33.6 Å². The molecule has 68 heavy (non-hydrogen) atoms. The highest BCUT2D eigenvalue weighted by atomic mass is 16.2. The number of aromatic amines is 2. The molecule has 5 fully saturated rings. The summed E-state index contributed by atoms with van der Waals surface area (Å²) in [4.78, 5) is 113. The smallest absolute Gasteiger partial charge is 0.246 e. The molecule has 8 unspecified atom stereocenters. The fourth-order valence-electron chi connectivity index (χ4n) is 11.7. The molecule has 3 saturated heterocycles. The highest BCUT2D eigenvalue weighted by Gasteiger charge is 2.52. The topological polar surface area (TPSA) is 270 Å². The number of rotatable bonds is 10. The van der Waals surface area contributed by atoms with Crippen LogP contribution in [0.2, 0.25) is 0 Å². The predicted molar refractivity (Wildman–Crippen MR) is 254 cm³/mol. The molecule has 8 atom stereocenters. The van der Waals surface area contributed by atoms with Crippen molar-refractivity contribution in [1.82, 2.24) is 46.4 Å². The summed E-state index contributed by atoms with van der Waals surface area (Å²) in [5, 5.41) is 16.7. The van der Waals surface area contributed by atoms with Crippen molar-refractivity contribution in [2.75, 3.05) is 19.6 Å². The number of aromatic nitrogens is 2. The minimum atomic E-state index is -1.43. The molecular weight excluding hydrogens is 867 g/mol. The number of benzene rings is 2. The van der Waals surface area contributed by atoms with Gasteiger partial charge < -0.3 is 57.8 Å². The van der Waals surface area contributed by atoms with Gasteiger partial charge in [-0.05, 0) is 93.5 Å². The molecule has 18 heteroatoms. The third-order valence-electron chi connectivity index (χ3n) is 15.3. The van der Waals surface area contributed by atoms with E-state index in [0.29, 0.717) is 38.5 Å². The van der Waals surface area contributed by atoms with Gasteiger partial charge in [0.15, 0.2) is 0 Å². The first-order valence-corrected chi connectivity index (χ1v) is 24.6. The second-order valence-electron chi connectivity index (χ2n) is 19.6. The maximum Gasteiger partial charge on any atom is 0.246 e. The molecule has 0 radical (unpaired) electrons. The quantitative estimate of drug-likeness (QED) is 0.112. The van der Waals surface area contributed by atoms with Crippen molar-refractivity contribution in [1.29, 1.82) is 0 Å². The maximum absolute atomic E-state index is 15.2. The Bertz CT molecular complexity index is 2550. The molecule has 2 aromatic heterocycles. The largest absolute Gasteiger partial charge is 0.361 e. The van der Waals surface area contributed by atoms with Crippen LogP contribution in [0.25, 0.3) is 21.8 Å². The zero-order chi connectivity index (χ0) is 47.5. The van der Waals surface area contributed by atoms with Crippen molar-refractivity contribution in [2.45, 2.75) is 144 Å². The van der Waals surface area contributed by atoms with E-state index in [-0.39, 0.29) is 76.0 Å². The van der Waals surface area contributed by atoms with Crippen LogP contribution >= 0.6 is 0 Å². The van der Waals surface area contributed by atoms with Gasteiger partial charge in [-0.2, -0.15) is 0 Å². The van der Waals surface area contributed by atoms with Crippen LogP contribution in [0.1, 0.15) is 94.6 Å². The Labute approximate surface area is 395 Å². The van der Waals surface area contributed by atoms with Crippen molar-refractivity contribution in [2.24, 2.45) is 17.4 Å². The minimum Gasteiger partial charge on any atom is -0.361 e. The Morgan fingerprint density at radius 3 is 2.03 bits per heavy atom. The first kappa shape index (κ1) is 46.8. The molecular formula is C50H65N11O7. The van der Waals surface area contributed by atoms with E-state index in [1.165, 1.54) is 4.90 Å². The van der Waals surface area contributed by atoms with E-state index in [1.54, 1.807) is 11.1 Å². The zero-order valence-electron chi connectivity index (χ0n) is 38.5. The molecule has 0 bridgehead atoms. The lowest BCUT2D eigenvalue weighted by Gasteiger charge is -2.38. The lowest BCUT2D eigenvalue weighted by atomic mass is 9.84. The summed E-state index contributed by atoms with van der Waals surface area (Å²) in [6.07, 6.45) is 10.5. The molecule has 11 N–H and O–H groups in total. The maximum atomic E-state index is 15.2. The van der Waals surface area contributed by atoms with Gasteiger partial charge in [0, 0.05) is 66.2 Å². The second kappa shape index (κ2) is 20.1. The van der Waals surface area contributed by atoms with Gasteiger partial charge >= 0.3 is 0 Å². The summed E-state index contributed by atoms with van der Waals surface area (Å²) < 4.78 is 0. The van der Waals surface area contributed by atoms with Crippen LogP contribution in [0, 0.1) is 5.92 Å². The molecule has 18 nitrogen and oxygen atoms in total. The van der Waals surface area contributed by atoms with E-state index >= 15 is 9.59 Å². The first-order chi connectivity index (χ1) is 32.9. The van der Waals surface area contributed by atoms with Crippen molar-refractivity contribution in [3.8, 4) is 0 Å². The lowest BCUT2D eigenvalue weighted by Crippen LogP contribution is -2.65. The summed E-state index contributed by atoms with van der Waals surface area (Å²) in [5.41, 5.74) is 13.5. The normalized spacial score (nSPS) is 27.5. The number of para-hydroxylation sites is 2. The summed E-state index contributed by atoms with van der Waals surface area (Å²) in [6.45, 7) is 0.406. The van der Waals surface area contributed by atoms with Crippen molar-refractivity contribution >= 4 is 63.2 Å². The van der Waals surface area contributed by atoms with Crippen LogP contribution in [-0.2, 0) is 46.4 Å². The average Bonchev–Trinajstić information content (AvgIpc) is 4.21. The van der Waals surface area contributed by atoms with E-state index in [9.17, 15) is 24.0 Å². The number of hydrogen-bond donors (Lipinski definition) is 9. The van der Waals surface area contributed by atoms with E-state index in [2.05, 4.69) is 36.6 Å². The highest BCUT2D eigenvalue weighted by molar-refractivity contribution is 6.01. The third kappa shape index (κ3) is 9.44. The summed E-state index contributed by atoms with van der Waals surface area (Å²) >= 11 is 0.